The predicted octanol–water partition coefficient (Wildman–Crippen LogP) is 1.75. The van der Waals surface area contributed by atoms with E-state index in [1.54, 1.807) is 0 Å². The Morgan fingerprint density at radius 3 is 2.59 bits per heavy atom. The number of allylic oxidation sites excluding steroid dienone is 1. The highest BCUT2D eigenvalue weighted by molar-refractivity contribution is 4.94. The van der Waals surface area contributed by atoms with E-state index in [2.05, 4.69) is 5.11 Å². The third-order valence-corrected chi connectivity index (χ3v) is 4.39. The molecule has 0 aromatic rings. The summed E-state index contributed by atoms with van der Waals surface area (Å²) in [6, 6.07) is -8.77. The molecule has 8 nitrogen and oxygen atoms in total. The molecule has 1 rings (SSSR count). The van der Waals surface area contributed by atoms with E-state index in [4.69, 9.17) is 37.0 Å². The molecule has 0 spiro atoms. The molecule has 0 aromatic carbocycles. The largest absolute Gasteiger partial charge is 0.394 e. The lowest BCUT2D eigenvalue weighted by atomic mass is 9.99. The first-order chi connectivity index (χ1) is 23.3. The molecule has 1 heterocycles. The minimum Gasteiger partial charge on any atom is -0.394 e. The summed E-state index contributed by atoms with van der Waals surface area (Å²) >= 11 is 0. The Morgan fingerprint density at radius 2 is 1.88 bits per heavy atom. The van der Waals surface area contributed by atoms with Gasteiger partial charge in [0.25, 0.3) is 0 Å². The lowest BCUT2D eigenvalue weighted by Gasteiger charge is -2.39. The average Bonchev–Trinajstić information content (AvgIpc) is 3.05. The highest BCUT2D eigenvalue weighted by Crippen LogP contribution is 2.22. The SMILES string of the molecule is [2H]OC([2H])(C([2H])=C([2H])C([2H])([2H])C([2H])([2H])C([2H])([2H])C([2H])([2H])C([2H])([2H])C([2H])CCCCCCC)C([2H])(N([2H])[2H])C([2H])([2H])OC1O[C@H](CO)[C@@H](O)[C@H](O)[C@H]1O. The van der Waals surface area contributed by atoms with Crippen LogP contribution in [-0.2, 0) is 9.47 Å². The molecule has 0 amide bonds. The number of ether oxygens (including phenoxy) is 2. The predicted molar refractivity (Wildman–Crippen MR) is 124 cm³/mol. The first kappa shape index (κ1) is 11.0. The van der Waals surface area contributed by atoms with Crippen molar-refractivity contribution in [2.24, 2.45) is 5.72 Å². The zero-order valence-corrected chi connectivity index (χ0v) is 17.9. The smallest absolute Gasteiger partial charge is 0.211 e. The second-order valence-corrected chi connectivity index (χ2v) is 6.90. The fourth-order valence-corrected chi connectivity index (χ4v) is 2.58. The molecule has 0 aliphatic carbocycles. The molecule has 1 aliphatic heterocycles. The van der Waals surface area contributed by atoms with Gasteiger partial charge in [0.2, 0.25) is 1.43 Å². The van der Waals surface area contributed by atoms with Crippen molar-refractivity contribution < 1.29 is 61.1 Å². The van der Waals surface area contributed by atoms with Crippen LogP contribution in [0.1, 0.15) is 107 Å². The molecule has 1 saturated heterocycles. The number of aliphatic hydroxyl groups is 5. The van der Waals surface area contributed by atoms with Crippen LogP contribution in [0.4, 0.5) is 0 Å². The van der Waals surface area contributed by atoms with Crippen LogP contribution in [0.15, 0.2) is 12.1 Å². The third kappa shape index (κ3) is 11.5. The molecule has 8 heteroatoms. The van der Waals surface area contributed by atoms with Gasteiger partial charge in [0.05, 0.1) is 33.5 Å². The molecular formula is C24H47NO7. The maximum absolute atomic E-state index is 10.3. The first-order valence-electron chi connectivity index (χ1n) is 20.2. The first-order valence-corrected chi connectivity index (χ1v) is 10.3. The van der Waals surface area contributed by atoms with E-state index < -0.39 is 112 Å². The second-order valence-electron chi connectivity index (χ2n) is 6.90. The van der Waals surface area contributed by atoms with Crippen molar-refractivity contribution in [2.75, 3.05) is 13.2 Å². The fraction of sp³-hybridized carbons (Fsp3) is 0.917. The van der Waals surface area contributed by atoms with E-state index in [0.717, 1.165) is 19.3 Å². The highest BCUT2D eigenvalue weighted by atomic mass is 16.7. The van der Waals surface area contributed by atoms with Gasteiger partial charge in [-0.05, 0) is 12.7 Å². The Morgan fingerprint density at radius 1 is 1.12 bits per heavy atom. The Bertz CT molecular complexity index is 1210. The zero-order valence-electron chi connectivity index (χ0n) is 37.9. The number of rotatable bonds is 20. The van der Waals surface area contributed by atoms with E-state index in [9.17, 15) is 20.4 Å². The van der Waals surface area contributed by atoms with Gasteiger partial charge in [-0.25, -0.2) is 0 Å². The van der Waals surface area contributed by atoms with Crippen LogP contribution in [0.5, 0.6) is 0 Å². The molecular weight excluding hydrogens is 414 g/mol. The summed E-state index contributed by atoms with van der Waals surface area (Å²) < 4.78 is 175. The van der Waals surface area contributed by atoms with Crippen molar-refractivity contribution in [3.8, 4) is 0 Å². The molecule has 0 radical (unpaired) electrons. The van der Waals surface area contributed by atoms with Crippen LogP contribution >= 0.6 is 0 Å². The maximum Gasteiger partial charge on any atom is 0.211 e. The zero-order chi connectivity index (χ0) is 41.3. The Labute approximate surface area is 221 Å². The summed E-state index contributed by atoms with van der Waals surface area (Å²) in [4.78, 5) is 0. The van der Waals surface area contributed by atoms with Crippen LogP contribution in [0.2, 0.25) is 2.82 Å². The Hall–Kier alpha value is -0.580. The van der Waals surface area contributed by atoms with Crippen molar-refractivity contribution in [1.82, 2.24) is 0 Å². The quantitative estimate of drug-likeness (QED) is 0.114. The molecule has 4 unspecified atom stereocenters. The molecule has 0 aromatic heterocycles. The van der Waals surface area contributed by atoms with Gasteiger partial charge >= 0.3 is 0 Å². The molecule has 1 aliphatic rings. The molecule has 1 fully saturated rings. The molecule has 0 saturated carbocycles. The molecule has 7 N–H and O–H groups in total. The summed E-state index contributed by atoms with van der Waals surface area (Å²) in [5, 5.41) is 43.7. The topological polar surface area (TPSA) is 146 Å². The monoisotopic (exact) mass is 481 g/mol. The summed E-state index contributed by atoms with van der Waals surface area (Å²) in [7, 11) is 0. The number of aliphatic hydroxyl groups excluding tert-OH is 4. The van der Waals surface area contributed by atoms with Gasteiger partial charge in [-0.1, -0.05) is 83.1 Å². The van der Waals surface area contributed by atoms with Crippen molar-refractivity contribution in [1.29, 1.82) is 1.43 Å². The van der Waals surface area contributed by atoms with Crippen LogP contribution in [-0.4, -0.2) is 82.9 Å². The van der Waals surface area contributed by atoms with Gasteiger partial charge in [-0.15, -0.1) is 0 Å². The van der Waals surface area contributed by atoms with Gasteiger partial charge in [0, 0.05) is 15.1 Å². The molecule has 32 heavy (non-hydrogen) atoms. The summed E-state index contributed by atoms with van der Waals surface area (Å²) in [6.07, 6.45) is -34.9. The minimum atomic E-state index is -4.41. The average molecular weight is 482 g/mol. The number of nitrogens with two attached hydrogens (primary N) is 1. The second kappa shape index (κ2) is 17.8. The van der Waals surface area contributed by atoms with Crippen molar-refractivity contribution in [3.05, 3.63) is 12.1 Å². The summed E-state index contributed by atoms with van der Waals surface area (Å²) in [5.41, 5.74) is -1.05. The Balaban J connectivity index is 3.77. The highest BCUT2D eigenvalue weighted by Gasteiger charge is 2.44. The van der Waals surface area contributed by atoms with Crippen molar-refractivity contribution in [2.45, 2.75) is 127 Å². The van der Waals surface area contributed by atoms with Crippen molar-refractivity contribution in [3.63, 3.8) is 0 Å². The Kier molecular flexibility index (Phi) is 6.13. The van der Waals surface area contributed by atoms with E-state index in [0.29, 0.717) is 6.42 Å². The van der Waals surface area contributed by atoms with E-state index in [-0.39, 0.29) is 12.8 Å². The van der Waals surface area contributed by atoms with Gasteiger partial charge in [-0.3, -0.25) is 0 Å². The fourth-order valence-electron chi connectivity index (χ4n) is 2.58. The normalized spacial score (nSPS) is 43.8. The molecule has 0 bridgehead atoms. The van der Waals surface area contributed by atoms with Gasteiger partial charge in [0.15, 0.2) is 6.29 Å². The van der Waals surface area contributed by atoms with E-state index >= 15 is 0 Å². The van der Waals surface area contributed by atoms with Crippen LogP contribution in [0, 0.1) is 0 Å². The number of hydrogen-bond acceptors (Lipinski definition) is 8. The number of hydrogen-bond donors (Lipinski definition) is 6. The summed E-state index contributed by atoms with van der Waals surface area (Å²) in [5.74, 6) is 0. The van der Waals surface area contributed by atoms with Gasteiger partial charge < -0.3 is 40.7 Å². The van der Waals surface area contributed by atoms with E-state index in [1.807, 2.05) is 6.92 Å². The van der Waals surface area contributed by atoms with Crippen LogP contribution < -0.4 is 5.72 Å². The van der Waals surface area contributed by atoms with Gasteiger partial charge in [0.1, 0.15) is 27.2 Å². The standard InChI is InChI=1S/C24H47NO7/c1-2-3-4-5-6-7-8-9-10-11-12-13-14-15-19(27)18(25)17-31-24-23(30)22(29)21(28)20(16-26)32-24/h14-15,18-24,26-30H,2-13,16-17,25H2,1H3/t18?,19?,20-,21-,22+,23-,24?/m1/s1/i8D,9D2,10D2,11D2,12D2,13D2,14D,15D,17D2,18D,19D,27D/hD2/t8?,18?,19?,20-,21-,22+,23-,24?. The minimum absolute atomic E-state index is 0.229. The van der Waals surface area contributed by atoms with Crippen molar-refractivity contribution >= 4 is 0 Å². The van der Waals surface area contributed by atoms with Gasteiger partial charge in [-0.2, -0.15) is 0 Å². The lowest BCUT2D eigenvalue weighted by Crippen LogP contribution is -2.59. The molecule has 8 atom stereocenters. The number of unbranched alkanes of at least 4 members (excludes halogenated alkanes) is 4. The molecule has 190 valence electrons. The van der Waals surface area contributed by atoms with E-state index in [1.165, 1.54) is 0 Å². The lowest BCUT2D eigenvalue weighted by molar-refractivity contribution is -0.302. The van der Waals surface area contributed by atoms with Crippen LogP contribution in [0.25, 0.3) is 0 Å². The van der Waals surface area contributed by atoms with Crippen LogP contribution in [0.3, 0.4) is 0 Å². The third-order valence-electron chi connectivity index (χ3n) is 4.39. The maximum atomic E-state index is 10.3. The summed E-state index contributed by atoms with van der Waals surface area (Å²) in [6.45, 7) is -3.33.